The number of benzene rings is 1. The van der Waals surface area contributed by atoms with Crippen LogP contribution in [0.4, 0.5) is 5.69 Å². The van der Waals surface area contributed by atoms with Crippen molar-refractivity contribution in [2.24, 2.45) is 11.8 Å². The summed E-state index contributed by atoms with van der Waals surface area (Å²) >= 11 is 3.35. The van der Waals surface area contributed by atoms with E-state index >= 15 is 0 Å². The fourth-order valence-corrected chi connectivity index (χ4v) is 4.21. The zero-order valence-electron chi connectivity index (χ0n) is 15.0. The molecule has 144 valence electrons. The van der Waals surface area contributed by atoms with Crippen LogP contribution in [0.2, 0.25) is 0 Å². The van der Waals surface area contributed by atoms with Gasteiger partial charge in [-0.2, -0.15) is 0 Å². The first kappa shape index (κ1) is 19.5. The third-order valence-corrected chi connectivity index (χ3v) is 5.64. The van der Waals surface area contributed by atoms with Crippen molar-refractivity contribution in [3.05, 3.63) is 28.2 Å². The lowest BCUT2D eigenvalue weighted by molar-refractivity contribution is -0.154. The van der Waals surface area contributed by atoms with Gasteiger partial charge in [0.1, 0.15) is 6.54 Å². The minimum absolute atomic E-state index is 0.297. The van der Waals surface area contributed by atoms with Gasteiger partial charge in [-0.05, 0) is 53.4 Å². The molecule has 3 amide bonds. The van der Waals surface area contributed by atoms with Crippen molar-refractivity contribution in [3.8, 4) is 0 Å². The Morgan fingerprint density at radius 1 is 1.19 bits per heavy atom. The van der Waals surface area contributed by atoms with E-state index in [1.165, 1.54) is 0 Å². The topological polar surface area (TPSA) is 92.8 Å². The first-order chi connectivity index (χ1) is 12.9. The molecular weight excluding hydrogens is 416 g/mol. The zero-order valence-corrected chi connectivity index (χ0v) is 16.6. The molecule has 1 heterocycles. The van der Waals surface area contributed by atoms with Crippen LogP contribution >= 0.6 is 15.9 Å². The van der Waals surface area contributed by atoms with Crippen molar-refractivity contribution in [1.29, 1.82) is 0 Å². The molecule has 3 rings (SSSR count). The Morgan fingerprint density at radius 3 is 2.41 bits per heavy atom. The number of amides is 3. The van der Waals surface area contributed by atoms with Gasteiger partial charge in [-0.25, -0.2) is 0 Å². The summed E-state index contributed by atoms with van der Waals surface area (Å²) in [5, 5.41) is 2.63. The van der Waals surface area contributed by atoms with Crippen LogP contribution in [0.5, 0.6) is 0 Å². The first-order valence-corrected chi connectivity index (χ1v) is 9.73. The number of likely N-dealkylation sites (tertiary alicyclic amines) is 1. The van der Waals surface area contributed by atoms with Gasteiger partial charge in [0.2, 0.25) is 11.8 Å². The second-order valence-corrected chi connectivity index (χ2v) is 7.81. The van der Waals surface area contributed by atoms with Gasteiger partial charge in [-0.1, -0.05) is 18.9 Å². The van der Waals surface area contributed by atoms with Crippen LogP contribution in [0.15, 0.2) is 22.7 Å². The molecule has 1 aromatic rings. The highest BCUT2D eigenvalue weighted by Gasteiger charge is 2.48. The van der Waals surface area contributed by atoms with Crippen LogP contribution in [0, 0.1) is 18.8 Å². The van der Waals surface area contributed by atoms with E-state index in [1.54, 1.807) is 6.07 Å². The number of hydrogen-bond donors (Lipinski definition) is 1. The molecule has 0 radical (unpaired) electrons. The Balaban J connectivity index is 1.50. The third-order valence-electron chi connectivity index (χ3n) is 4.98. The summed E-state index contributed by atoms with van der Waals surface area (Å²) in [6.07, 6.45) is 3.23. The molecule has 0 spiro atoms. The predicted octanol–water partition coefficient (Wildman–Crippen LogP) is 2.41. The molecular formula is C19H21BrN2O5. The minimum Gasteiger partial charge on any atom is -0.454 e. The van der Waals surface area contributed by atoms with Crippen LogP contribution in [0.3, 0.4) is 0 Å². The number of carbonyl (C=O) groups is 4. The predicted molar refractivity (Wildman–Crippen MR) is 101 cm³/mol. The average molecular weight is 437 g/mol. The molecule has 1 N–H and O–H groups in total. The molecule has 2 aliphatic rings. The molecule has 2 fully saturated rings. The van der Waals surface area contributed by atoms with Crippen molar-refractivity contribution >= 4 is 45.3 Å². The van der Waals surface area contributed by atoms with E-state index in [2.05, 4.69) is 21.2 Å². The Labute approximate surface area is 165 Å². The van der Waals surface area contributed by atoms with E-state index < -0.39 is 25.0 Å². The van der Waals surface area contributed by atoms with Crippen molar-refractivity contribution in [2.75, 3.05) is 18.5 Å². The number of esters is 1. The van der Waals surface area contributed by atoms with E-state index in [4.69, 9.17) is 4.74 Å². The van der Waals surface area contributed by atoms with E-state index in [9.17, 15) is 19.2 Å². The summed E-state index contributed by atoms with van der Waals surface area (Å²) in [5.41, 5.74) is 1.60. The zero-order chi connectivity index (χ0) is 19.6. The van der Waals surface area contributed by atoms with Crippen molar-refractivity contribution in [2.45, 2.75) is 32.6 Å². The number of nitrogens with one attached hydrogen (secondary N) is 1. The summed E-state index contributed by atoms with van der Waals surface area (Å²) in [6.45, 7) is 1.00. The maximum atomic E-state index is 12.3. The summed E-state index contributed by atoms with van der Waals surface area (Å²) in [4.78, 5) is 49.6. The number of fused-ring (bicyclic) bond motifs is 1. The highest BCUT2D eigenvalue weighted by molar-refractivity contribution is 9.10. The molecule has 8 heteroatoms. The maximum absolute atomic E-state index is 12.3. The summed E-state index contributed by atoms with van der Waals surface area (Å²) in [5.74, 6) is -2.47. The monoisotopic (exact) mass is 436 g/mol. The number of nitrogens with zero attached hydrogens (tertiary/aromatic N) is 1. The second-order valence-electron chi connectivity index (χ2n) is 6.95. The quantitative estimate of drug-likeness (QED) is 0.564. The molecule has 1 aromatic carbocycles. The molecule has 1 aliphatic heterocycles. The van der Waals surface area contributed by atoms with Crippen molar-refractivity contribution in [3.63, 3.8) is 0 Å². The summed E-state index contributed by atoms with van der Waals surface area (Å²) in [7, 11) is 0. The van der Waals surface area contributed by atoms with Gasteiger partial charge in [0.05, 0.1) is 17.5 Å². The number of hydrogen-bond acceptors (Lipinski definition) is 5. The van der Waals surface area contributed by atoms with Crippen molar-refractivity contribution in [1.82, 2.24) is 4.90 Å². The molecule has 7 nitrogen and oxygen atoms in total. The van der Waals surface area contributed by atoms with E-state index in [1.807, 2.05) is 19.1 Å². The van der Waals surface area contributed by atoms with Crippen LogP contribution < -0.4 is 5.32 Å². The van der Waals surface area contributed by atoms with E-state index in [-0.39, 0.29) is 23.7 Å². The SMILES string of the molecule is Cc1ccc(NC(=O)COC(=O)CN2C(=O)C3CCCCC3C2=O)c(Br)c1. The average Bonchev–Trinajstić information content (AvgIpc) is 2.88. The Hall–Kier alpha value is -2.22. The van der Waals surface area contributed by atoms with Gasteiger partial charge in [0.15, 0.2) is 6.61 Å². The number of ether oxygens (including phenoxy) is 1. The number of aryl methyl sites for hydroxylation is 1. The van der Waals surface area contributed by atoms with E-state index in [0.717, 1.165) is 27.8 Å². The number of carbonyl (C=O) groups excluding carboxylic acids is 4. The highest BCUT2D eigenvalue weighted by Crippen LogP contribution is 2.37. The van der Waals surface area contributed by atoms with Gasteiger partial charge in [0.25, 0.3) is 5.91 Å². The third kappa shape index (κ3) is 4.37. The lowest BCUT2D eigenvalue weighted by atomic mass is 9.81. The van der Waals surface area contributed by atoms with Crippen molar-refractivity contribution < 1.29 is 23.9 Å². The molecule has 27 heavy (non-hydrogen) atoms. The van der Waals surface area contributed by atoms with Crippen LogP contribution in [-0.2, 0) is 23.9 Å². The Morgan fingerprint density at radius 2 is 1.81 bits per heavy atom. The first-order valence-electron chi connectivity index (χ1n) is 8.93. The van der Waals surface area contributed by atoms with Gasteiger partial charge in [-0.15, -0.1) is 0 Å². The van der Waals surface area contributed by atoms with Crippen LogP contribution in [-0.4, -0.2) is 41.7 Å². The van der Waals surface area contributed by atoms with Crippen LogP contribution in [0.1, 0.15) is 31.2 Å². The molecule has 2 unspecified atom stereocenters. The summed E-state index contributed by atoms with van der Waals surface area (Å²) < 4.78 is 5.66. The standard InChI is InChI=1S/C19H21BrN2O5/c1-11-6-7-15(14(20)8-11)21-16(23)10-27-17(24)9-22-18(25)12-4-2-3-5-13(12)19(22)26/h6-8,12-13H,2-5,9-10H2,1H3,(H,21,23). The minimum atomic E-state index is -0.770. The maximum Gasteiger partial charge on any atom is 0.326 e. The largest absolute Gasteiger partial charge is 0.454 e. The number of anilines is 1. The van der Waals surface area contributed by atoms with Crippen LogP contribution in [0.25, 0.3) is 0 Å². The second kappa shape index (κ2) is 8.21. The molecule has 0 aromatic heterocycles. The fraction of sp³-hybridized carbons (Fsp3) is 0.474. The fourth-order valence-electron chi connectivity index (χ4n) is 3.62. The summed E-state index contributed by atoms with van der Waals surface area (Å²) in [6, 6.07) is 5.44. The lowest BCUT2D eigenvalue weighted by Crippen LogP contribution is -2.37. The number of rotatable bonds is 5. The Kier molecular flexibility index (Phi) is 5.94. The van der Waals surface area contributed by atoms with Gasteiger partial charge in [-0.3, -0.25) is 24.1 Å². The highest BCUT2D eigenvalue weighted by atomic mass is 79.9. The Bertz CT molecular complexity index is 770. The van der Waals surface area contributed by atoms with Gasteiger partial charge in [0, 0.05) is 4.47 Å². The smallest absolute Gasteiger partial charge is 0.326 e. The molecule has 1 saturated carbocycles. The molecule has 1 aliphatic carbocycles. The molecule has 0 bridgehead atoms. The molecule has 2 atom stereocenters. The van der Waals surface area contributed by atoms with Gasteiger partial charge < -0.3 is 10.1 Å². The lowest BCUT2D eigenvalue weighted by Gasteiger charge is -2.19. The molecule has 1 saturated heterocycles. The number of halogens is 1. The normalized spacial score (nSPS) is 21.8. The van der Waals surface area contributed by atoms with E-state index in [0.29, 0.717) is 18.5 Å². The van der Waals surface area contributed by atoms with Gasteiger partial charge >= 0.3 is 5.97 Å². The number of imide groups is 1.